The van der Waals surface area contributed by atoms with E-state index >= 15 is 0 Å². The molecule has 23 heavy (non-hydrogen) atoms. The van der Waals surface area contributed by atoms with Crippen molar-refractivity contribution in [2.24, 2.45) is 0 Å². The number of carbonyl (C=O) groups excluding carboxylic acids is 1. The zero-order valence-electron chi connectivity index (χ0n) is 14.1. The van der Waals surface area contributed by atoms with E-state index in [0.29, 0.717) is 12.1 Å². The predicted molar refractivity (Wildman–Crippen MR) is 88.9 cm³/mol. The first-order valence-electron chi connectivity index (χ1n) is 8.79. The van der Waals surface area contributed by atoms with Crippen molar-refractivity contribution < 1.29 is 19.1 Å². The van der Waals surface area contributed by atoms with Gasteiger partial charge in [0, 0.05) is 25.7 Å². The van der Waals surface area contributed by atoms with E-state index in [1.54, 1.807) is 0 Å². The molecule has 126 valence electrons. The van der Waals surface area contributed by atoms with E-state index in [-0.39, 0.29) is 18.7 Å². The number of fused-ring (bicyclic) bond motifs is 2. The Balaban J connectivity index is 1.65. The molecule has 0 aromatic heterocycles. The summed E-state index contributed by atoms with van der Waals surface area (Å²) in [5.41, 5.74) is 0.827. The van der Waals surface area contributed by atoms with Crippen molar-refractivity contribution in [2.45, 2.75) is 56.7 Å². The second kappa shape index (κ2) is 6.62. The molecule has 0 spiro atoms. The first-order chi connectivity index (χ1) is 11.1. The van der Waals surface area contributed by atoms with Gasteiger partial charge in [-0.1, -0.05) is 30.3 Å². The number of aliphatic hydroxyl groups excluding tert-OH is 1. The zero-order chi connectivity index (χ0) is 16.4. The summed E-state index contributed by atoms with van der Waals surface area (Å²) in [5.74, 6) is -0.849. The lowest BCUT2D eigenvalue weighted by Gasteiger charge is -2.46. The van der Waals surface area contributed by atoms with Gasteiger partial charge in [-0.15, -0.1) is 0 Å². The highest BCUT2D eigenvalue weighted by Crippen LogP contribution is 2.42. The summed E-state index contributed by atoms with van der Waals surface area (Å²) in [6.45, 7) is 3.21. The first kappa shape index (κ1) is 16.5. The number of piperidine rings is 1. The highest BCUT2D eigenvalue weighted by atomic mass is 16.5. The van der Waals surface area contributed by atoms with Crippen LogP contribution < -0.4 is 0 Å². The molecule has 2 bridgehead atoms. The summed E-state index contributed by atoms with van der Waals surface area (Å²) in [7, 11) is 2.35. The fraction of sp³-hybridized carbons (Fsp3) is 0.632. The lowest BCUT2D eigenvalue weighted by atomic mass is 9.96. The van der Waals surface area contributed by atoms with Crippen molar-refractivity contribution in [1.82, 2.24) is 0 Å². The molecule has 4 heteroatoms. The Morgan fingerprint density at radius 1 is 1.26 bits per heavy atom. The van der Waals surface area contributed by atoms with Gasteiger partial charge in [-0.3, -0.25) is 4.79 Å². The van der Waals surface area contributed by atoms with Crippen LogP contribution in [-0.4, -0.2) is 53.9 Å². The Kier molecular flexibility index (Phi) is 4.74. The van der Waals surface area contributed by atoms with Crippen LogP contribution in [0.1, 0.15) is 44.1 Å². The standard InChI is InChI=1S/C19H28NO3/c1-3-20(2)15-9-10-16(20)12-17(11-15)23-19(22)18(13-21)14-7-5-4-6-8-14/h4-8,15-18,21H,3,9-13H2,1-2H3/q+1/t15-,16+,17?,18-,20?/m1/s1. The van der Waals surface area contributed by atoms with Crippen molar-refractivity contribution in [2.75, 3.05) is 20.2 Å². The minimum Gasteiger partial charge on any atom is -0.461 e. The number of aliphatic hydroxyl groups is 1. The molecule has 2 heterocycles. The third-order valence-electron chi connectivity index (χ3n) is 6.20. The molecule has 1 N–H and O–H groups in total. The third-order valence-corrected chi connectivity index (χ3v) is 6.20. The van der Waals surface area contributed by atoms with Crippen LogP contribution in [0, 0.1) is 0 Å². The minimum atomic E-state index is -0.567. The number of rotatable bonds is 5. The molecular formula is C19H28NO3+. The Morgan fingerprint density at radius 2 is 1.87 bits per heavy atom. The van der Waals surface area contributed by atoms with E-state index in [0.717, 1.165) is 29.4 Å². The zero-order valence-corrected chi connectivity index (χ0v) is 14.1. The van der Waals surface area contributed by atoms with Crippen LogP contribution in [0.2, 0.25) is 0 Å². The van der Waals surface area contributed by atoms with E-state index in [9.17, 15) is 9.90 Å². The third kappa shape index (κ3) is 3.02. The van der Waals surface area contributed by atoms with Crippen LogP contribution in [0.25, 0.3) is 0 Å². The van der Waals surface area contributed by atoms with Crippen molar-refractivity contribution in [3.63, 3.8) is 0 Å². The van der Waals surface area contributed by atoms with Gasteiger partial charge in [0.25, 0.3) is 0 Å². The average Bonchev–Trinajstić information content (AvgIpc) is 2.74. The number of hydrogen-bond acceptors (Lipinski definition) is 3. The molecule has 2 unspecified atom stereocenters. The van der Waals surface area contributed by atoms with Gasteiger partial charge in [-0.05, 0) is 12.5 Å². The highest BCUT2D eigenvalue weighted by Gasteiger charge is 2.51. The molecule has 3 rings (SSSR count). The molecular weight excluding hydrogens is 290 g/mol. The lowest BCUT2D eigenvalue weighted by Crippen LogP contribution is -2.58. The van der Waals surface area contributed by atoms with Gasteiger partial charge >= 0.3 is 5.97 Å². The molecule has 2 saturated heterocycles. The quantitative estimate of drug-likeness (QED) is 0.670. The topological polar surface area (TPSA) is 46.5 Å². The molecule has 4 nitrogen and oxygen atoms in total. The van der Waals surface area contributed by atoms with Crippen molar-refractivity contribution in [1.29, 1.82) is 0 Å². The molecule has 5 atom stereocenters. The lowest BCUT2D eigenvalue weighted by molar-refractivity contribution is -0.947. The molecule has 0 aliphatic carbocycles. The van der Waals surface area contributed by atoms with Gasteiger partial charge in [0.05, 0.1) is 32.3 Å². The van der Waals surface area contributed by atoms with E-state index in [4.69, 9.17) is 4.74 Å². The van der Waals surface area contributed by atoms with Crippen molar-refractivity contribution >= 4 is 5.97 Å². The Labute approximate surface area is 138 Å². The molecule has 1 aromatic rings. The summed E-state index contributed by atoms with van der Waals surface area (Å²) in [6, 6.07) is 10.6. The van der Waals surface area contributed by atoms with Crippen molar-refractivity contribution in [3.05, 3.63) is 35.9 Å². The van der Waals surface area contributed by atoms with E-state index < -0.39 is 5.92 Å². The van der Waals surface area contributed by atoms with Gasteiger partial charge in [0.1, 0.15) is 12.0 Å². The number of nitrogens with zero attached hydrogens (tertiary/aromatic N) is 1. The number of ether oxygens (including phenoxy) is 1. The normalized spacial score (nSPS) is 34.1. The van der Waals surface area contributed by atoms with Crippen LogP contribution in [-0.2, 0) is 9.53 Å². The van der Waals surface area contributed by atoms with E-state index in [2.05, 4.69) is 14.0 Å². The smallest absolute Gasteiger partial charge is 0.316 e. The van der Waals surface area contributed by atoms with Crippen LogP contribution >= 0.6 is 0 Å². The van der Waals surface area contributed by atoms with Crippen LogP contribution in [0.4, 0.5) is 0 Å². The van der Waals surface area contributed by atoms with Gasteiger partial charge in [-0.2, -0.15) is 0 Å². The van der Waals surface area contributed by atoms with E-state index in [1.165, 1.54) is 12.8 Å². The SMILES string of the molecule is CC[N+]1(C)[C@@H]2CC[C@H]1CC(OC(=O)[C@H](CO)c1ccccc1)C2. The second-order valence-electron chi connectivity index (χ2n) is 7.22. The van der Waals surface area contributed by atoms with Gasteiger partial charge in [-0.25, -0.2) is 0 Å². The van der Waals surface area contributed by atoms with Gasteiger partial charge in [0.2, 0.25) is 0 Å². The van der Waals surface area contributed by atoms with Crippen LogP contribution in [0.3, 0.4) is 0 Å². The number of esters is 1. The predicted octanol–water partition coefficient (Wildman–Crippen LogP) is 2.47. The summed E-state index contributed by atoms with van der Waals surface area (Å²) < 4.78 is 6.94. The number of hydrogen-bond donors (Lipinski definition) is 1. The molecule has 0 amide bonds. The van der Waals surface area contributed by atoms with Crippen LogP contribution in [0.15, 0.2) is 30.3 Å². The van der Waals surface area contributed by atoms with Gasteiger partial charge in [0.15, 0.2) is 0 Å². The number of carbonyl (C=O) groups is 1. The molecule has 2 fully saturated rings. The first-order valence-corrected chi connectivity index (χ1v) is 8.79. The van der Waals surface area contributed by atoms with Crippen LogP contribution in [0.5, 0.6) is 0 Å². The summed E-state index contributed by atoms with van der Waals surface area (Å²) >= 11 is 0. The summed E-state index contributed by atoms with van der Waals surface area (Å²) in [5, 5.41) is 9.61. The van der Waals surface area contributed by atoms with Gasteiger partial charge < -0.3 is 14.3 Å². The monoisotopic (exact) mass is 318 g/mol. The molecule has 1 aromatic carbocycles. The largest absolute Gasteiger partial charge is 0.461 e. The minimum absolute atomic E-state index is 0.00973. The average molecular weight is 318 g/mol. The maximum Gasteiger partial charge on any atom is 0.316 e. The Bertz CT molecular complexity index is 531. The molecule has 2 aliphatic rings. The molecule has 0 saturated carbocycles. The fourth-order valence-electron chi connectivity index (χ4n) is 4.55. The summed E-state index contributed by atoms with van der Waals surface area (Å²) in [6.07, 6.45) is 4.41. The fourth-order valence-corrected chi connectivity index (χ4v) is 4.55. The van der Waals surface area contributed by atoms with Crippen molar-refractivity contribution in [3.8, 4) is 0 Å². The van der Waals surface area contributed by atoms with E-state index in [1.807, 2.05) is 30.3 Å². The Morgan fingerprint density at radius 3 is 2.39 bits per heavy atom. The number of quaternary nitrogens is 1. The Hall–Kier alpha value is -1.39. The molecule has 2 aliphatic heterocycles. The molecule has 0 radical (unpaired) electrons. The maximum atomic E-state index is 12.5. The maximum absolute atomic E-state index is 12.5. The highest BCUT2D eigenvalue weighted by molar-refractivity contribution is 5.78. The summed E-state index contributed by atoms with van der Waals surface area (Å²) in [4.78, 5) is 12.5. The number of benzene rings is 1. The second-order valence-corrected chi connectivity index (χ2v) is 7.22.